The van der Waals surface area contributed by atoms with E-state index in [9.17, 15) is 10.2 Å². The maximum atomic E-state index is 9.84. The molecule has 0 spiro atoms. The smallest absolute Gasteiger partial charge is 0.115 e. The molecule has 1 fully saturated rings. The predicted octanol–water partition coefficient (Wildman–Crippen LogP) is 2.49. The fraction of sp³-hybridized carbons (Fsp3) is 0.538. The third kappa shape index (κ3) is 2.72. The first-order valence-electron chi connectivity index (χ1n) is 5.71. The van der Waals surface area contributed by atoms with Crippen LogP contribution in [0.15, 0.2) is 24.3 Å². The fourth-order valence-corrected chi connectivity index (χ4v) is 2.41. The van der Waals surface area contributed by atoms with Gasteiger partial charge in [-0.25, -0.2) is 0 Å². The molecule has 0 amide bonds. The zero-order valence-corrected chi connectivity index (χ0v) is 8.89. The average Bonchev–Trinajstić information content (AvgIpc) is 2.22. The molecule has 1 aromatic rings. The molecule has 0 radical (unpaired) electrons. The molecule has 2 heteroatoms. The Morgan fingerprint density at radius 3 is 2.73 bits per heavy atom. The van der Waals surface area contributed by atoms with Gasteiger partial charge in [0.1, 0.15) is 5.75 Å². The second kappa shape index (κ2) is 4.67. The number of aromatic hydroxyl groups is 1. The lowest BCUT2D eigenvalue weighted by Crippen LogP contribution is -2.26. The van der Waals surface area contributed by atoms with E-state index in [2.05, 4.69) is 0 Å². The highest BCUT2D eigenvalue weighted by Crippen LogP contribution is 2.28. The van der Waals surface area contributed by atoms with Gasteiger partial charge in [0.15, 0.2) is 0 Å². The lowest BCUT2D eigenvalue weighted by Gasteiger charge is -2.27. The summed E-state index contributed by atoms with van der Waals surface area (Å²) in [6, 6.07) is 7.35. The Morgan fingerprint density at radius 2 is 2.00 bits per heavy atom. The van der Waals surface area contributed by atoms with Crippen LogP contribution >= 0.6 is 0 Å². The van der Waals surface area contributed by atoms with Crippen molar-refractivity contribution in [1.29, 1.82) is 0 Å². The summed E-state index contributed by atoms with van der Waals surface area (Å²) in [6.07, 6.45) is 5.15. The minimum absolute atomic E-state index is 0.152. The summed E-state index contributed by atoms with van der Waals surface area (Å²) in [4.78, 5) is 0. The molecule has 0 saturated heterocycles. The van der Waals surface area contributed by atoms with E-state index in [1.54, 1.807) is 12.1 Å². The van der Waals surface area contributed by atoms with Crippen LogP contribution in [0.2, 0.25) is 0 Å². The van der Waals surface area contributed by atoms with Crippen LogP contribution in [0.3, 0.4) is 0 Å². The maximum Gasteiger partial charge on any atom is 0.115 e. The summed E-state index contributed by atoms with van der Waals surface area (Å²) in [6.45, 7) is 0. The van der Waals surface area contributed by atoms with Crippen LogP contribution in [0, 0.1) is 5.92 Å². The number of hydrogen-bond donors (Lipinski definition) is 2. The van der Waals surface area contributed by atoms with Gasteiger partial charge in [0, 0.05) is 0 Å². The molecule has 15 heavy (non-hydrogen) atoms. The number of phenolic OH excluding ortho intramolecular Hbond substituents is 1. The SMILES string of the molecule is Oc1cccc(CC2CCCCC2O)c1. The standard InChI is InChI=1S/C13H18O2/c14-12-6-3-4-10(9-12)8-11-5-1-2-7-13(11)15/h3-4,6,9,11,13-15H,1-2,5,7-8H2. The van der Waals surface area contributed by atoms with E-state index in [0.717, 1.165) is 31.2 Å². The first-order valence-corrected chi connectivity index (χ1v) is 5.71. The van der Waals surface area contributed by atoms with Crippen LogP contribution in [-0.4, -0.2) is 16.3 Å². The van der Waals surface area contributed by atoms with E-state index in [1.807, 2.05) is 12.1 Å². The van der Waals surface area contributed by atoms with Crippen LogP contribution in [0.5, 0.6) is 5.75 Å². The maximum absolute atomic E-state index is 9.84. The molecule has 2 N–H and O–H groups in total. The molecule has 0 bridgehead atoms. The van der Waals surface area contributed by atoms with Crippen molar-refractivity contribution in [3.63, 3.8) is 0 Å². The first kappa shape index (κ1) is 10.5. The van der Waals surface area contributed by atoms with Crippen molar-refractivity contribution in [2.75, 3.05) is 0 Å². The largest absolute Gasteiger partial charge is 0.508 e. The molecule has 1 aromatic carbocycles. The molecule has 0 aliphatic heterocycles. The van der Waals surface area contributed by atoms with E-state index in [-0.39, 0.29) is 6.10 Å². The third-order valence-corrected chi connectivity index (χ3v) is 3.28. The van der Waals surface area contributed by atoms with Gasteiger partial charge in [-0.1, -0.05) is 25.0 Å². The van der Waals surface area contributed by atoms with Gasteiger partial charge >= 0.3 is 0 Å². The lowest BCUT2D eigenvalue weighted by atomic mass is 9.82. The molecule has 82 valence electrons. The van der Waals surface area contributed by atoms with Crippen LogP contribution in [0.1, 0.15) is 31.2 Å². The molecule has 2 atom stereocenters. The topological polar surface area (TPSA) is 40.5 Å². The van der Waals surface area contributed by atoms with Gasteiger partial charge in [-0.3, -0.25) is 0 Å². The van der Waals surface area contributed by atoms with Gasteiger partial charge in [0.2, 0.25) is 0 Å². The van der Waals surface area contributed by atoms with Crippen LogP contribution in [0.4, 0.5) is 0 Å². The minimum Gasteiger partial charge on any atom is -0.508 e. The number of rotatable bonds is 2. The van der Waals surface area contributed by atoms with Gasteiger partial charge in [0.25, 0.3) is 0 Å². The highest BCUT2D eigenvalue weighted by atomic mass is 16.3. The fourth-order valence-electron chi connectivity index (χ4n) is 2.41. The van der Waals surface area contributed by atoms with Crippen molar-refractivity contribution >= 4 is 0 Å². The second-order valence-electron chi connectivity index (χ2n) is 4.49. The van der Waals surface area contributed by atoms with E-state index in [1.165, 1.54) is 6.42 Å². The quantitative estimate of drug-likeness (QED) is 0.780. The van der Waals surface area contributed by atoms with Gasteiger partial charge < -0.3 is 10.2 Å². The Bertz CT molecular complexity index is 322. The molecule has 2 rings (SSSR count). The van der Waals surface area contributed by atoms with Crippen molar-refractivity contribution in [2.24, 2.45) is 5.92 Å². The van der Waals surface area contributed by atoms with Crippen molar-refractivity contribution in [3.8, 4) is 5.75 Å². The van der Waals surface area contributed by atoms with E-state index in [0.29, 0.717) is 11.7 Å². The molecule has 1 aliphatic rings. The van der Waals surface area contributed by atoms with Crippen LogP contribution in [-0.2, 0) is 6.42 Å². The summed E-state index contributed by atoms with van der Waals surface area (Å²) in [5.41, 5.74) is 1.13. The van der Waals surface area contributed by atoms with Gasteiger partial charge in [-0.2, -0.15) is 0 Å². The normalized spacial score (nSPS) is 26.5. The molecule has 2 nitrogen and oxygen atoms in total. The average molecular weight is 206 g/mol. The van der Waals surface area contributed by atoms with E-state index in [4.69, 9.17) is 0 Å². The summed E-state index contributed by atoms with van der Waals surface area (Å²) < 4.78 is 0. The van der Waals surface area contributed by atoms with Crippen LogP contribution < -0.4 is 0 Å². The molecule has 2 unspecified atom stereocenters. The van der Waals surface area contributed by atoms with Crippen molar-refractivity contribution < 1.29 is 10.2 Å². The first-order chi connectivity index (χ1) is 7.25. The molecule has 0 heterocycles. The Hall–Kier alpha value is -1.02. The minimum atomic E-state index is -0.152. The zero-order valence-electron chi connectivity index (χ0n) is 8.89. The molecule has 0 aromatic heterocycles. The third-order valence-electron chi connectivity index (χ3n) is 3.28. The van der Waals surface area contributed by atoms with E-state index >= 15 is 0 Å². The number of hydrogen-bond acceptors (Lipinski definition) is 2. The number of aliphatic hydroxyl groups excluding tert-OH is 1. The van der Waals surface area contributed by atoms with Crippen molar-refractivity contribution in [1.82, 2.24) is 0 Å². The van der Waals surface area contributed by atoms with Gasteiger partial charge in [-0.15, -0.1) is 0 Å². The summed E-state index contributed by atoms with van der Waals surface area (Å²) in [7, 11) is 0. The number of phenols is 1. The molecular formula is C13H18O2. The highest BCUT2D eigenvalue weighted by Gasteiger charge is 2.22. The van der Waals surface area contributed by atoms with Crippen molar-refractivity contribution in [2.45, 2.75) is 38.2 Å². The Kier molecular flexibility index (Phi) is 3.27. The molecular weight excluding hydrogens is 188 g/mol. The summed E-state index contributed by atoms with van der Waals surface area (Å²) in [5, 5.41) is 19.2. The number of benzene rings is 1. The summed E-state index contributed by atoms with van der Waals surface area (Å²) in [5.74, 6) is 0.693. The monoisotopic (exact) mass is 206 g/mol. The Morgan fingerprint density at radius 1 is 1.20 bits per heavy atom. The Labute approximate surface area is 90.6 Å². The van der Waals surface area contributed by atoms with E-state index < -0.39 is 0 Å². The lowest BCUT2D eigenvalue weighted by molar-refractivity contribution is 0.0700. The summed E-state index contributed by atoms with van der Waals surface area (Å²) >= 11 is 0. The predicted molar refractivity (Wildman–Crippen MR) is 59.8 cm³/mol. The van der Waals surface area contributed by atoms with Crippen molar-refractivity contribution in [3.05, 3.63) is 29.8 Å². The number of aliphatic hydroxyl groups is 1. The molecule has 1 saturated carbocycles. The van der Waals surface area contributed by atoms with Crippen LogP contribution in [0.25, 0.3) is 0 Å². The second-order valence-corrected chi connectivity index (χ2v) is 4.49. The zero-order chi connectivity index (χ0) is 10.7. The van der Waals surface area contributed by atoms with Gasteiger partial charge in [0.05, 0.1) is 6.10 Å². The molecule has 1 aliphatic carbocycles. The van der Waals surface area contributed by atoms with Gasteiger partial charge in [-0.05, 0) is 42.9 Å². The Balaban J connectivity index is 2.01. The highest BCUT2D eigenvalue weighted by molar-refractivity contribution is 5.27.